The second kappa shape index (κ2) is 19.4. The minimum Gasteiger partial charge on any atom is -0.311 e. The zero-order valence-corrected chi connectivity index (χ0v) is 40.8. The Bertz CT molecular complexity index is 3910. The first-order valence-corrected chi connectivity index (χ1v) is 25.4. The Hall–Kier alpha value is -9.76. The molecule has 13 aromatic rings. The minimum atomic E-state index is 1.08. The number of para-hydroxylation sites is 2. The van der Waals surface area contributed by atoms with Crippen molar-refractivity contribution >= 4 is 38.9 Å². The first kappa shape index (κ1) is 44.2. The van der Waals surface area contributed by atoms with Crippen LogP contribution in [0.1, 0.15) is 0 Å². The summed E-state index contributed by atoms with van der Waals surface area (Å²) in [5.74, 6) is 0. The number of hydrogen-bond acceptors (Lipinski definition) is 1. The molecule has 0 amide bonds. The molecule has 12 aromatic carbocycles. The molecule has 1 aromatic heterocycles. The molecule has 0 aliphatic heterocycles. The summed E-state index contributed by atoms with van der Waals surface area (Å²) in [4.78, 5) is 2.36. The van der Waals surface area contributed by atoms with Gasteiger partial charge in [-0.25, -0.2) is 0 Å². The average molecular weight is 943 g/mol. The molecular weight excluding hydrogens is 893 g/mol. The summed E-state index contributed by atoms with van der Waals surface area (Å²) >= 11 is 0. The number of rotatable bonds is 11. The van der Waals surface area contributed by atoms with Gasteiger partial charge in [-0.3, -0.25) is 0 Å². The van der Waals surface area contributed by atoms with Gasteiger partial charge >= 0.3 is 0 Å². The molecular formula is C72H50N2. The van der Waals surface area contributed by atoms with Gasteiger partial charge in [0.1, 0.15) is 0 Å². The minimum absolute atomic E-state index is 1.08. The first-order chi connectivity index (χ1) is 36.7. The van der Waals surface area contributed by atoms with Crippen molar-refractivity contribution in [3.05, 3.63) is 303 Å². The number of benzene rings is 12. The average Bonchev–Trinajstić information content (AvgIpc) is 3.84. The van der Waals surface area contributed by atoms with E-state index in [1.807, 2.05) is 0 Å². The summed E-state index contributed by atoms with van der Waals surface area (Å²) in [6, 6.07) is 110. The van der Waals surface area contributed by atoms with Crippen LogP contribution in [0.2, 0.25) is 0 Å². The van der Waals surface area contributed by atoms with Crippen LogP contribution in [0.5, 0.6) is 0 Å². The van der Waals surface area contributed by atoms with Crippen LogP contribution < -0.4 is 4.90 Å². The maximum Gasteiger partial charge on any atom is 0.0547 e. The van der Waals surface area contributed by atoms with Gasteiger partial charge < -0.3 is 9.47 Å². The maximum absolute atomic E-state index is 2.40. The van der Waals surface area contributed by atoms with Crippen LogP contribution >= 0.6 is 0 Å². The number of hydrogen-bond donors (Lipinski definition) is 0. The Morgan fingerprint density at radius 3 is 0.959 bits per heavy atom. The van der Waals surface area contributed by atoms with Gasteiger partial charge in [-0.2, -0.15) is 0 Å². The van der Waals surface area contributed by atoms with Gasteiger partial charge in [0.2, 0.25) is 0 Å². The van der Waals surface area contributed by atoms with Crippen LogP contribution in [0.25, 0.3) is 105 Å². The van der Waals surface area contributed by atoms with Gasteiger partial charge in [0.15, 0.2) is 0 Å². The van der Waals surface area contributed by atoms with E-state index in [1.54, 1.807) is 0 Å². The predicted octanol–water partition coefficient (Wildman–Crippen LogP) is 19.9. The molecule has 0 aliphatic carbocycles. The SMILES string of the molecule is c1ccc(-c2ccc(-c3ccc(N(c4ccc(-c5ccc(-c6ccccc6)cc5)cc4)c4ccc(-c5cc(-c6ccccc6)cc(-c6cccc7c6c6ccccc6n7-c6ccccc6)c5)cc4)cc3)cc2)cc1. The van der Waals surface area contributed by atoms with Gasteiger partial charge in [0, 0.05) is 33.5 Å². The Morgan fingerprint density at radius 2 is 0.527 bits per heavy atom. The molecule has 2 nitrogen and oxygen atoms in total. The van der Waals surface area contributed by atoms with Gasteiger partial charge in [-0.15, -0.1) is 0 Å². The molecule has 0 saturated carbocycles. The molecule has 1 heterocycles. The zero-order valence-electron chi connectivity index (χ0n) is 40.8. The fourth-order valence-electron chi connectivity index (χ4n) is 10.7. The van der Waals surface area contributed by atoms with Crippen LogP contribution in [0.4, 0.5) is 17.1 Å². The summed E-state index contributed by atoms with van der Waals surface area (Å²) in [6.45, 7) is 0. The monoisotopic (exact) mass is 942 g/mol. The second-order valence-electron chi connectivity index (χ2n) is 18.9. The standard InChI is InChI=1S/C72H50N2/c1-5-16-51(17-6-1)54-28-32-56(33-29-54)58-36-42-65(43-37-58)73(66-44-38-59(39-45-66)57-34-30-55(31-35-57)52-18-7-2-8-19-52)67-46-40-60(41-47-67)62-48-61(53-20-9-3-10-21-53)49-63(50-62)68-25-15-27-71-72(68)69-24-13-14-26-70(69)74(71)64-22-11-4-12-23-64/h1-50H. The van der Waals surface area contributed by atoms with Crippen molar-refractivity contribution in [3.8, 4) is 83.6 Å². The van der Waals surface area contributed by atoms with Crippen LogP contribution in [0.15, 0.2) is 303 Å². The third kappa shape index (κ3) is 8.55. The Morgan fingerprint density at radius 1 is 0.216 bits per heavy atom. The van der Waals surface area contributed by atoms with Gasteiger partial charge in [-0.05, 0) is 157 Å². The first-order valence-electron chi connectivity index (χ1n) is 25.4. The fourth-order valence-corrected chi connectivity index (χ4v) is 10.7. The van der Waals surface area contributed by atoms with Crippen molar-refractivity contribution in [3.63, 3.8) is 0 Å². The van der Waals surface area contributed by atoms with E-state index in [2.05, 4.69) is 313 Å². The third-order valence-electron chi connectivity index (χ3n) is 14.4. The zero-order chi connectivity index (χ0) is 49.2. The highest BCUT2D eigenvalue weighted by atomic mass is 15.1. The highest BCUT2D eigenvalue weighted by Crippen LogP contribution is 2.43. The van der Waals surface area contributed by atoms with Crippen molar-refractivity contribution in [2.75, 3.05) is 4.90 Å². The molecule has 13 rings (SSSR count). The van der Waals surface area contributed by atoms with E-state index in [1.165, 1.54) is 88.6 Å². The summed E-state index contributed by atoms with van der Waals surface area (Å²) in [5.41, 5.74) is 23.4. The highest BCUT2D eigenvalue weighted by molar-refractivity contribution is 6.16. The van der Waals surface area contributed by atoms with E-state index in [0.717, 1.165) is 33.9 Å². The van der Waals surface area contributed by atoms with Gasteiger partial charge in [0.25, 0.3) is 0 Å². The molecule has 348 valence electrons. The molecule has 0 aliphatic rings. The van der Waals surface area contributed by atoms with E-state index >= 15 is 0 Å². The smallest absolute Gasteiger partial charge is 0.0547 e. The van der Waals surface area contributed by atoms with Crippen LogP contribution in [0.3, 0.4) is 0 Å². The quantitative estimate of drug-likeness (QED) is 0.125. The summed E-state index contributed by atoms with van der Waals surface area (Å²) in [7, 11) is 0. The molecule has 0 radical (unpaired) electrons. The fraction of sp³-hybridized carbons (Fsp3) is 0. The molecule has 0 spiro atoms. The molecule has 0 bridgehead atoms. The molecule has 0 saturated heterocycles. The Kier molecular flexibility index (Phi) is 11.6. The predicted molar refractivity (Wildman–Crippen MR) is 314 cm³/mol. The van der Waals surface area contributed by atoms with Crippen molar-refractivity contribution in [1.29, 1.82) is 0 Å². The van der Waals surface area contributed by atoms with Crippen molar-refractivity contribution in [2.24, 2.45) is 0 Å². The van der Waals surface area contributed by atoms with E-state index in [-0.39, 0.29) is 0 Å². The number of nitrogens with zero attached hydrogens (tertiary/aromatic N) is 2. The summed E-state index contributed by atoms with van der Waals surface area (Å²) < 4.78 is 2.40. The molecule has 0 fully saturated rings. The van der Waals surface area contributed by atoms with E-state index in [4.69, 9.17) is 0 Å². The topological polar surface area (TPSA) is 8.17 Å². The summed E-state index contributed by atoms with van der Waals surface area (Å²) in [6.07, 6.45) is 0. The molecule has 0 N–H and O–H groups in total. The van der Waals surface area contributed by atoms with Crippen molar-refractivity contribution < 1.29 is 0 Å². The Balaban J connectivity index is 0.886. The van der Waals surface area contributed by atoms with E-state index < -0.39 is 0 Å². The van der Waals surface area contributed by atoms with E-state index in [0.29, 0.717) is 0 Å². The molecule has 74 heavy (non-hydrogen) atoms. The second-order valence-corrected chi connectivity index (χ2v) is 18.9. The third-order valence-corrected chi connectivity index (χ3v) is 14.4. The lowest BCUT2D eigenvalue weighted by Crippen LogP contribution is -2.09. The normalized spacial score (nSPS) is 11.2. The van der Waals surface area contributed by atoms with Crippen LogP contribution in [0, 0.1) is 0 Å². The summed E-state index contributed by atoms with van der Waals surface area (Å²) in [5, 5.41) is 2.49. The van der Waals surface area contributed by atoms with Gasteiger partial charge in [-0.1, -0.05) is 224 Å². The largest absolute Gasteiger partial charge is 0.311 e. The van der Waals surface area contributed by atoms with E-state index in [9.17, 15) is 0 Å². The molecule has 0 unspecified atom stereocenters. The van der Waals surface area contributed by atoms with Crippen molar-refractivity contribution in [2.45, 2.75) is 0 Å². The number of aromatic nitrogens is 1. The van der Waals surface area contributed by atoms with Crippen LogP contribution in [-0.4, -0.2) is 4.57 Å². The number of fused-ring (bicyclic) bond motifs is 3. The van der Waals surface area contributed by atoms with Gasteiger partial charge in [0.05, 0.1) is 11.0 Å². The lowest BCUT2D eigenvalue weighted by Gasteiger charge is -2.26. The molecule has 0 atom stereocenters. The van der Waals surface area contributed by atoms with Crippen LogP contribution in [-0.2, 0) is 0 Å². The number of anilines is 3. The Labute approximate surface area is 433 Å². The maximum atomic E-state index is 2.40. The van der Waals surface area contributed by atoms with Crippen molar-refractivity contribution in [1.82, 2.24) is 4.57 Å². The lowest BCUT2D eigenvalue weighted by atomic mass is 9.91. The molecule has 2 heteroatoms. The lowest BCUT2D eigenvalue weighted by molar-refractivity contribution is 1.18. The highest BCUT2D eigenvalue weighted by Gasteiger charge is 2.19.